The highest BCUT2D eigenvalue weighted by atomic mass is 16.3. The monoisotopic (exact) mass is 346 g/mol. The van der Waals surface area contributed by atoms with Gasteiger partial charge in [-0.15, -0.1) is 0 Å². The molecular formula is C19H18N6O. The Bertz CT molecular complexity index is 1110. The van der Waals surface area contributed by atoms with Gasteiger partial charge in [0.1, 0.15) is 5.65 Å². The maximum atomic E-state index is 9.84. The second kappa shape index (κ2) is 5.47. The predicted molar refractivity (Wildman–Crippen MR) is 99.7 cm³/mol. The minimum atomic E-state index is -0.568. The van der Waals surface area contributed by atoms with Gasteiger partial charge in [-0.1, -0.05) is 6.07 Å². The van der Waals surface area contributed by atoms with Gasteiger partial charge in [-0.25, -0.2) is 4.98 Å². The van der Waals surface area contributed by atoms with Gasteiger partial charge in [0, 0.05) is 34.8 Å². The third-order valence-corrected chi connectivity index (χ3v) is 4.96. The van der Waals surface area contributed by atoms with Crippen LogP contribution in [-0.4, -0.2) is 41.9 Å². The molecule has 1 aliphatic carbocycles. The van der Waals surface area contributed by atoms with Crippen molar-refractivity contribution in [3.63, 3.8) is 0 Å². The van der Waals surface area contributed by atoms with E-state index < -0.39 is 5.60 Å². The fourth-order valence-corrected chi connectivity index (χ4v) is 3.66. The fourth-order valence-electron chi connectivity index (χ4n) is 3.66. The molecule has 0 radical (unpaired) electrons. The Morgan fingerprint density at radius 3 is 3.00 bits per heavy atom. The number of aliphatic hydroxyl groups is 1. The smallest absolute Gasteiger partial charge is 0.224 e. The minimum absolute atomic E-state index is 0.221. The second-order valence-corrected chi connectivity index (χ2v) is 7.21. The topological polar surface area (TPSA) is 99.6 Å². The summed E-state index contributed by atoms with van der Waals surface area (Å²) in [6, 6.07) is 8.26. The fraction of sp³-hybridized carbons (Fsp3) is 0.263. The molecule has 0 bridgehead atoms. The number of nitrogens with one attached hydrogen (secondary N) is 2. The number of fused-ring (bicyclic) bond motifs is 2. The summed E-state index contributed by atoms with van der Waals surface area (Å²) >= 11 is 0. The van der Waals surface area contributed by atoms with Crippen LogP contribution in [0.15, 0.2) is 42.9 Å². The lowest BCUT2D eigenvalue weighted by molar-refractivity contribution is -0.0235. The van der Waals surface area contributed by atoms with Crippen molar-refractivity contribution in [3.05, 3.63) is 42.9 Å². The quantitative estimate of drug-likeness (QED) is 0.527. The first-order chi connectivity index (χ1) is 12.6. The lowest BCUT2D eigenvalue weighted by atomic mass is 9.77. The number of anilines is 1. The molecule has 130 valence electrons. The molecule has 1 saturated carbocycles. The third-order valence-electron chi connectivity index (χ3n) is 4.96. The Morgan fingerprint density at radius 2 is 2.15 bits per heavy atom. The van der Waals surface area contributed by atoms with E-state index in [0.717, 1.165) is 33.1 Å². The molecule has 0 atom stereocenters. The summed E-state index contributed by atoms with van der Waals surface area (Å²) in [5.74, 6) is 0.584. The first-order valence-electron chi connectivity index (χ1n) is 8.62. The van der Waals surface area contributed by atoms with Gasteiger partial charge in [0.2, 0.25) is 5.95 Å². The van der Waals surface area contributed by atoms with Crippen molar-refractivity contribution in [2.45, 2.75) is 31.4 Å². The average Bonchev–Trinajstić information content (AvgIpc) is 3.03. The van der Waals surface area contributed by atoms with E-state index in [1.807, 2.05) is 37.5 Å². The minimum Gasteiger partial charge on any atom is -0.390 e. The Hall–Kier alpha value is -3.06. The number of nitrogens with zero attached hydrogens (tertiary/aromatic N) is 4. The van der Waals surface area contributed by atoms with E-state index in [0.29, 0.717) is 18.8 Å². The van der Waals surface area contributed by atoms with Gasteiger partial charge in [0.25, 0.3) is 0 Å². The maximum Gasteiger partial charge on any atom is 0.224 e. The number of hydrogen-bond donors (Lipinski definition) is 3. The van der Waals surface area contributed by atoms with Crippen LogP contribution in [0.1, 0.15) is 19.8 Å². The standard InChI is InChI=1S/C19H18N6O/c1-19(26)7-13(8-19)23-18-21-10-15-14(9-20-17(15)24-18)11-2-3-16-12(6-11)4-5-22-25-16/h2-6,9-10,13,26H,7-8H2,1H3,(H2,20,21,23,24). The molecule has 0 aliphatic heterocycles. The van der Waals surface area contributed by atoms with Crippen molar-refractivity contribution >= 4 is 27.9 Å². The highest BCUT2D eigenvalue weighted by Crippen LogP contribution is 2.34. The van der Waals surface area contributed by atoms with Crippen molar-refractivity contribution in [2.75, 3.05) is 5.32 Å². The second-order valence-electron chi connectivity index (χ2n) is 7.21. The lowest BCUT2D eigenvalue weighted by Gasteiger charge is -2.41. The zero-order chi connectivity index (χ0) is 17.7. The Balaban J connectivity index is 1.47. The molecule has 0 unspecified atom stereocenters. The van der Waals surface area contributed by atoms with Crippen LogP contribution in [0.5, 0.6) is 0 Å². The number of rotatable bonds is 3. The predicted octanol–water partition coefficient (Wildman–Crippen LogP) is 2.89. The summed E-state index contributed by atoms with van der Waals surface area (Å²) in [7, 11) is 0. The molecule has 4 aromatic rings. The molecule has 7 heteroatoms. The van der Waals surface area contributed by atoms with Crippen molar-refractivity contribution in [2.24, 2.45) is 0 Å². The first-order valence-corrected chi connectivity index (χ1v) is 8.62. The third kappa shape index (κ3) is 2.57. The Labute approximate surface area is 149 Å². The molecule has 26 heavy (non-hydrogen) atoms. The van der Waals surface area contributed by atoms with E-state index in [-0.39, 0.29) is 6.04 Å². The molecule has 0 spiro atoms. The van der Waals surface area contributed by atoms with Crippen molar-refractivity contribution < 1.29 is 5.11 Å². The van der Waals surface area contributed by atoms with Gasteiger partial charge in [0.15, 0.2) is 0 Å². The van der Waals surface area contributed by atoms with E-state index in [1.165, 1.54) is 0 Å². The van der Waals surface area contributed by atoms with E-state index in [1.54, 1.807) is 6.20 Å². The molecular weight excluding hydrogens is 328 g/mol. The van der Waals surface area contributed by atoms with Crippen molar-refractivity contribution in [1.29, 1.82) is 0 Å². The normalized spacial score (nSPS) is 22.5. The van der Waals surface area contributed by atoms with Crippen molar-refractivity contribution in [3.8, 4) is 11.1 Å². The van der Waals surface area contributed by atoms with Crippen LogP contribution in [0.2, 0.25) is 0 Å². The van der Waals surface area contributed by atoms with E-state index in [2.05, 4.69) is 36.5 Å². The molecule has 1 aliphatic rings. The lowest BCUT2D eigenvalue weighted by Crippen LogP contribution is -2.48. The zero-order valence-electron chi connectivity index (χ0n) is 14.3. The van der Waals surface area contributed by atoms with E-state index >= 15 is 0 Å². The van der Waals surface area contributed by atoms with Gasteiger partial charge in [-0.3, -0.25) is 0 Å². The summed E-state index contributed by atoms with van der Waals surface area (Å²) in [6.45, 7) is 1.85. The van der Waals surface area contributed by atoms with Gasteiger partial charge in [-0.05, 0) is 43.5 Å². The summed E-state index contributed by atoms with van der Waals surface area (Å²) in [6.07, 6.45) is 6.91. The zero-order valence-corrected chi connectivity index (χ0v) is 14.3. The van der Waals surface area contributed by atoms with E-state index in [9.17, 15) is 5.11 Å². The maximum absolute atomic E-state index is 9.84. The van der Waals surface area contributed by atoms with Crippen LogP contribution in [-0.2, 0) is 0 Å². The summed E-state index contributed by atoms with van der Waals surface area (Å²) in [4.78, 5) is 12.3. The number of benzene rings is 1. The van der Waals surface area contributed by atoms with Crippen LogP contribution in [0.3, 0.4) is 0 Å². The van der Waals surface area contributed by atoms with Gasteiger partial charge in [-0.2, -0.15) is 15.2 Å². The number of aromatic nitrogens is 5. The molecule has 0 saturated heterocycles. The highest BCUT2D eigenvalue weighted by Gasteiger charge is 2.38. The van der Waals surface area contributed by atoms with Gasteiger partial charge >= 0.3 is 0 Å². The molecule has 3 N–H and O–H groups in total. The highest BCUT2D eigenvalue weighted by molar-refractivity contribution is 5.96. The Morgan fingerprint density at radius 1 is 1.27 bits per heavy atom. The number of hydrogen-bond acceptors (Lipinski definition) is 6. The molecule has 1 fully saturated rings. The molecule has 7 nitrogen and oxygen atoms in total. The summed E-state index contributed by atoms with van der Waals surface area (Å²) in [5, 5.41) is 23.2. The van der Waals surface area contributed by atoms with Crippen LogP contribution in [0, 0.1) is 0 Å². The van der Waals surface area contributed by atoms with Crippen LogP contribution >= 0.6 is 0 Å². The largest absolute Gasteiger partial charge is 0.390 e. The van der Waals surface area contributed by atoms with Crippen molar-refractivity contribution in [1.82, 2.24) is 25.1 Å². The molecule has 3 heterocycles. The molecule has 0 amide bonds. The molecule has 5 rings (SSSR count). The summed E-state index contributed by atoms with van der Waals surface area (Å²) < 4.78 is 0. The Kier molecular flexibility index (Phi) is 3.20. The number of H-pyrrole nitrogens is 1. The van der Waals surface area contributed by atoms with Crippen LogP contribution in [0.4, 0.5) is 5.95 Å². The van der Waals surface area contributed by atoms with E-state index in [4.69, 9.17) is 0 Å². The van der Waals surface area contributed by atoms with Gasteiger partial charge < -0.3 is 15.4 Å². The van der Waals surface area contributed by atoms with Crippen LogP contribution in [0.25, 0.3) is 33.1 Å². The molecule has 3 aromatic heterocycles. The van der Waals surface area contributed by atoms with Gasteiger partial charge in [0.05, 0.1) is 17.3 Å². The number of aromatic amines is 1. The SMILES string of the molecule is CC1(O)CC(Nc2ncc3c(-c4ccc5nnccc5c4)c[nH]c3n2)C1. The summed E-state index contributed by atoms with van der Waals surface area (Å²) in [5.41, 5.74) is 3.22. The molecule has 1 aromatic carbocycles. The average molecular weight is 346 g/mol. The van der Waals surface area contributed by atoms with Crippen LogP contribution < -0.4 is 5.32 Å². The first kappa shape index (κ1) is 15.2.